The lowest BCUT2D eigenvalue weighted by atomic mass is 10.6. The summed E-state index contributed by atoms with van der Waals surface area (Å²) >= 11 is 0. The predicted octanol–water partition coefficient (Wildman–Crippen LogP) is 0.0338. The summed E-state index contributed by atoms with van der Waals surface area (Å²) in [7, 11) is 1.84. The maximum atomic E-state index is 5.04. The Hall–Kier alpha value is -1.69. The van der Waals surface area contributed by atoms with Gasteiger partial charge in [0.1, 0.15) is 6.54 Å². The standard InChI is InChI=1S/C8H11N5O/c1-9-4-7-11-8(14-12-7)5-13-3-2-10-6-13/h2-3,6,9H,4-5H2,1H3. The van der Waals surface area contributed by atoms with Gasteiger partial charge in [0.15, 0.2) is 5.82 Å². The van der Waals surface area contributed by atoms with Crippen LogP contribution in [-0.4, -0.2) is 26.7 Å². The van der Waals surface area contributed by atoms with Gasteiger partial charge in [-0.1, -0.05) is 5.16 Å². The quantitative estimate of drug-likeness (QED) is 0.742. The third kappa shape index (κ3) is 1.97. The highest BCUT2D eigenvalue weighted by Gasteiger charge is 2.05. The highest BCUT2D eigenvalue weighted by molar-refractivity contribution is 4.88. The zero-order chi connectivity index (χ0) is 9.80. The van der Waals surface area contributed by atoms with E-state index in [-0.39, 0.29) is 0 Å². The molecule has 0 fully saturated rings. The molecule has 0 aromatic carbocycles. The molecule has 0 saturated heterocycles. The van der Waals surface area contributed by atoms with Crippen LogP contribution in [0.1, 0.15) is 11.7 Å². The Labute approximate surface area is 81.0 Å². The summed E-state index contributed by atoms with van der Waals surface area (Å²) < 4.78 is 6.91. The van der Waals surface area contributed by atoms with Crippen molar-refractivity contribution in [2.24, 2.45) is 0 Å². The molecule has 2 aromatic rings. The molecule has 0 aliphatic rings. The Balaban J connectivity index is 2.03. The summed E-state index contributed by atoms with van der Waals surface area (Å²) in [4.78, 5) is 8.11. The largest absolute Gasteiger partial charge is 0.337 e. The molecular formula is C8H11N5O. The van der Waals surface area contributed by atoms with Crippen molar-refractivity contribution in [1.82, 2.24) is 25.0 Å². The first-order valence-corrected chi connectivity index (χ1v) is 4.30. The molecule has 0 saturated carbocycles. The van der Waals surface area contributed by atoms with Crippen molar-refractivity contribution < 1.29 is 4.52 Å². The van der Waals surface area contributed by atoms with Crippen molar-refractivity contribution in [3.63, 3.8) is 0 Å². The van der Waals surface area contributed by atoms with E-state index in [4.69, 9.17) is 4.52 Å². The lowest BCUT2D eigenvalue weighted by Gasteiger charge is -1.93. The Morgan fingerprint density at radius 3 is 3.21 bits per heavy atom. The number of rotatable bonds is 4. The minimum atomic E-state index is 0.566. The van der Waals surface area contributed by atoms with E-state index in [0.717, 1.165) is 0 Å². The predicted molar refractivity (Wildman–Crippen MR) is 48.4 cm³/mol. The third-order valence-electron chi connectivity index (χ3n) is 1.72. The van der Waals surface area contributed by atoms with Crippen LogP contribution in [0.5, 0.6) is 0 Å². The average Bonchev–Trinajstić information content (AvgIpc) is 2.79. The van der Waals surface area contributed by atoms with Crippen LogP contribution in [0, 0.1) is 0 Å². The first kappa shape index (κ1) is 8.89. The van der Waals surface area contributed by atoms with Crippen LogP contribution in [0.15, 0.2) is 23.2 Å². The second-order valence-corrected chi connectivity index (χ2v) is 2.87. The van der Waals surface area contributed by atoms with E-state index in [1.807, 2.05) is 17.8 Å². The molecular weight excluding hydrogens is 182 g/mol. The van der Waals surface area contributed by atoms with E-state index in [1.165, 1.54) is 0 Å². The summed E-state index contributed by atoms with van der Waals surface area (Å²) in [6, 6.07) is 0. The maximum Gasteiger partial charge on any atom is 0.246 e. The second kappa shape index (κ2) is 4.01. The normalized spacial score (nSPS) is 10.6. The van der Waals surface area contributed by atoms with Gasteiger partial charge >= 0.3 is 0 Å². The number of nitrogens with one attached hydrogen (secondary N) is 1. The van der Waals surface area contributed by atoms with Gasteiger partial charge < -0.3 is 14.4 Å². The molecule has 6 nitrogen and oxygen atoms in total. The molecule has 74 valence electrons. The minimum Gasteiger partial charge on any atom is -0.337 e. The van der Waals surface area contributed by atoms with E-state index in [1.54, 1.807) is 12.5 Å². The number of hydrogen-bond donors (Lipinski definition) is 1. The van der Waals surface area contributed by atoms with Gasteiger partial charge in [0.2, 0.25) is 5.89 Å². The summed E-state index contributed by atoms with van der Waals surface area (Å²) in [6.07, 6.45) is 5.27. The van der Waals surface area contributed by atoms with Crippen LogP contribution in [-0.2, 0) is 13.1 Å². The molecule has 14 heavy (non-hydrogen) atoms. The Morgan fingerprint density at radius 1 is 1.57 bits per heavy atom. The molecule has 0 aliphatic heterocycles. The summed E-state index contributed by atoms with van der Waals surface area (Å²) in [5.74, 6) is 1.26. The van der Waals surface area contributed by atoms with Crippen LogP contribution >= 0.6 is 0 Å². The molecule has 0 bridgehead atoms. The van der Waals surface area contributed by atoms with Crippen molar-refractivity contribution in [3.8, 4) is 0 Å². The zero-order valence-corrected chi connectivity index (χ0v) is 7.84. The van der Waals surface area contributed by atoms with Crippen molar-refractivity contribution in [2.75, 3.05) is 7.05 Å². The lowest BCUT2D eigenvalue weighted by molar-refractivity contribution is 0.365. The Morgan fingerprint density at radius 2 is 2.50 bits per heavy atom. The molecule has 1 N–H and O–H groups in total. The highest BCUT2D eigenvalue weighted by Crippen LogP contribution is 1.99. The molecule has 0 spiro atoms. The van der Waals surface area contributed by atoms with E-state index in [0.29, 0.717) is 24.8 Å². The number of aromatic nitrogens is 4. The highest BCUT2D eigenvalue weighted by atomic mass is 16.5. The lowest BCUT2D eigenvalue weighted by Crippen LogP contribution is -2.06. The third-order valence-corrected chi connectivity index (χ3v) is 1.72. The van der Waals surface area contributed by atoms with Crippen LogP contribution in [0.25, 0.3) is 0 Å². The molecule has 0 radical (unpaired) electrons. The molecule has 0 unspecified atom stereocenters. The van der Waals surface area contributed by atoms with E-state index in [2.05, 4.69) is 20.4 Å². The SMILES string of the molecule is CNCc1noc(Cn2ccnc2)n1. The van der Waals surface area contributed by atoms with Gasteiger partial charge in [0.05, 0.1) is 12.9 Å². The summed E-state index contributed by atoms with van der Waals surface area (Å²) in [5.41, 5.74) is 0. The second-order valence-electron chi connectivity index (χ2n) is 2.87. The van der Waals surface area contributed by atoms with Gasteiger partial charge in [-0.2, -0.15) is 4.98 Å². The maximum absolute atomic E-state index is 5.04. The van der Waals surface area contributed by atoms with Crippen molar-refractivity contribution in [3.05, 3.63) is 30.4 Å². The molecule has 0 atom stereocenters. The fraction of sp³-hybridized carbons (Fsp3) is 0.375. The zero-order valence-electron chi connectivity index (χ0n) is 7.84. The van der Waals surface area contributed by atoms with E-state index >= 15 is 0 Å². The minimum absolute atomic E-state index is 0.566. The van der Waals surface area contributed by atoms with E-state index in [9.17, 15) is 0 Å². The first-order valence-electron chi connectivity index (χ1n) is 4.30. The first-order chi connectivity index (χ1) is 6.88. The van der Waals surface area contributed by atoms with Gasteiger partial charge in [0.25, 0.3) is 0 Å². The van der Waals surface area contributed by atoms with Gasteiger partial charge in [-0.05, 0) is 7.05 Å². The molecule has 2 heterocycles. The van der Waals surface area contributed by atoms with Crippen molar-refractivity contribution >= 4 is 0 Å². The topological polar surface area (TPSA) is 68.8 Å². The van der Waals surface area contributed by atoms with Crippen molar-refractivity contribution in [2.45, 2.75) is 13.1 Å². The van der Waals surface area contributed by atoms with Gasteiger partial charge in [-0.3, -0.25) is 0 Å². The van der Waals surface area contributed by atoms with Gasteiger partial charge in [-0.25, -0.2) is 4.98 Å². The van der Waals surface area contributed by atoms with Crippen LogP contribution < -0.4 is 5.32 Å². The number of imidazole rings is 1. The van der Waals surface area contributed by atoms with Crippen molar-refractivity contribution in [1.29, 1.82) is 0 Å². The Bertz CT molecular complexity index is 380. The van der Waals surface area contributed by atoms with Crippen LogP contribution in [0.4, 0.5) is 0 Å². The Kier molecular flexibility index (Phi) is 2.55. The molecule has 6 heteroatoms. The van der Waals surface area contributed by atoms with Crippen LogP contribution in [0.3, 0.4) is 0 Å². The van der Waals surface area contributed by atoms with E-state index < -0.39 is 0 Å². The monoisotopic (exact) mass is 193 g/mol. The smallest absolute Gasteiger partial charge is 0.246 e. The summed E-state index contributed by atoms with van der Waals surface area (Å²) in [6.45, 7) is 1.18. The average molecular weight is 193 g/mol. The number of nitrogens with zero attached hydrogens (tertiary/aromatic N) is 4. The fourth-order valence-electron chi connectivity index (χ4n) is 1.12. The van der Waals surface area contributed by atoms with Gasteiger partial charge in [0, 0.05) is 12.4 Å². The van der Waals surface area contributed by atoms with Crippen LogP contribution in [0.2, 0.25) is 0 Å². The summed E-state index contributed by atoms with van der Waals surface area (Å²) in [5, 5.41) is 6.76. The fourth-order valence-corrected chi connectivity index (χ4v) is 1.12. The number of hydrogen-bond acceptors (Lipinski definition) is 5. The molecule has 2 rings (SSSR count). The van der Waals surface area contributed by atoms with Gasteiger partial charge in [-0.15, -0.1) is 0 Å². The molecule has 2 aromatic heterocycles. The molecule has 0 aliphatic carbocycles. The molecule has 0 amide bonds.